The molecule has 0 atom stereocenters. The number of methoxy groups -OCH3 is 1. The van der Waals surface area contributed by atoms with Crippen LogP contribution in [-0.4, -0.2) is 52.7 Å². The Balaban J connectivity index is 1.86. The molecule has 1 saturated carbocycles. The Morgan fingerprint density at radius 2 is 2.22 bits per heavy atom. The second-order valence-corrected chi connectivity index (χ2v) is 8.36. The number of hydrogen-bond donors (Lipinski definition) is 0. The molecule has 3 rings (SSSR count). The molecule has 0 saturated heterocycles. The molecular weight excluding hydrogens is 314 g/mol. The maximum Gasteiger partial charge on any atom is 0.359 e. The number of aromatic nitrogens is 3. The van der Waals surface area contributed by atoms with Gasteiger partial charge in [0, 0.05) is 6.20 Å². The second-order valence-electron chi connectivity index (χ2n) is 5.98. The van der Waals surface area contributed by atoms with E-state index in [9.17, 15) is 4.79 Å². The third-order valence-corrected chi connectivity index (χ3v) is 4.87. The molecule has 0 spiro atoms. The zero-order valence-electron chi connectivity index (χ0n) is 13.7. The Kier molecular flexibility index (Phi) is 4.87. The fourth-order valence-corrected chi connectivity index (χ4v) is 2.88. The van der Waals surface area contributed by atoms with Crippen molar-refractivity contribution in [3.05, 3.63) is 23.5 Å². The van der Waals surface area contributed by atoms with Crippen LogP contribution in [0.25, 0.3) is 11.0 Å². The van der Waals surface area contributed by atoms with Gasteiger partial charge in [-0.3, -0.25) is 0 Å². The first-order valence-electron chi connectivity index (χ1n) is 7.67. The molecule has 1 fully saturated rings. The van der Waals surface area contributed by atoms with Gasteiger partial charge in [0.25, 0.3) is 0 Å². The molecule has 0 unspecified atom stereocenters. The van der Waals surface area contributed by atoms with Gasteiger partial charge in [0.1, 0.15) is 12.5 Å². The zero-order chi connectivity index (χ0) is 16.4. The van der Waals surface area contributed by atoms with Crippen molar-refractivity contribution in [3.8, 4) is 0 Å². The minimum absolute atomic E-state index is 0.292. The van der Waals surface area contributed by atoms with Crippen LogP contribution in [-0.2, 0) is 27.1 Å². The molecule has 0 aliphatic heterocycles. The van der Waals surface area contributed by atoms with Crippen LogP contribution in [0.2, 0.25) is 0 Å². The van der Waals surface area contributed by atoms with Crippen molar-refractivity contribution in [2.45, 2.75) is 25.5 Å². The molecule has 2 aromatic rings. The largest absolute Gasteiger partial charge is 0.464 e. The van der Waals surface area contributed by atoms with Crippen LogP contribution in [0.15, 0.2) is 12.3 Å². The van der Waals surface area contributed by atoms with Gasteiger partial charge < -0.3 is 9.47 Å². The monoisotopic (exact) mass is 336 g/mol. The van der Waals surface area contributed by atoms with Gasteiger partial charge in [-0.2, -0.15) is 5.10 Å². The van der Waals surface area contributed by atoms with E-state index in [-0.39, 0.29) is 0 Å². The number of carbonyl (C=O) groups is 1. The van der Waals surface area contributed by atoms with Gasteiger partial charge in [0.15, 0.2) is 11.3 Å². The number of rotatable bonds is 7. The Hall–Kier alpha value is -1.60. The molecule has 0 radical (unpaired) electrons. The van der Waals surface area contributed by atoms with E-state index in [2.05, 4.69) is 22.6 Å². The smallest absolute Gasteiger partial charge is 0.359 e. The summed E-state index contributed by atoms with van der Waals surface area (Å²) in [5, 5.41) is 5.10. The Labute approximate surface area is 138 Å². The summed E-state index contributed by atoms with van der Waals surface area (Å²) >= 11 is 0. The zero-order valence-corrected chi connectivity index (χ0v) is 14.6. The highest BCUT2D eigenvalue weighted by molar-refractivity contribution is 7.95. The van der Waals surface area contributed by atoms with Crippen molar-refractivity contribution in [2.24, 2.45) is 0 Å². The molecular formula is C16H22N3O3S+. The van der Waals surface area contributed by atoms with Crippen molar-refractivity contribution < 1.29 is 14.3 Å². The maximum atomic E-state index is 12.0. The van der Waals surface area contributed by atoms with Crippen LogP contribution in [0.5, 0.6) is 0 Å². The van der Waals surface area contributed by atoms with Crippen LogP contribution in [0.1, 0.15) is 34.8 Å². The average Bonchev–Trinajstić information content (AvgIpc) is 3.33. The van der Waals surface area contributed by atoms with E-state index in [1.54, 1.807) is 4.68 Å². The lowest BCUT2D eigenvalue weighted by Gasteiger charge is -2.04. The molecule has 1 aliphatic rings. The molecule has 0 bridgehead atoms. The molecule has 0 N–H and O–H groups in total. The van der Waals surface area contributed by atoms with Gasteiger partial charge >= 0.3 is 5.97 Å². The van der Waals surface area contributed by atoms with Gasteiger partial charge in [0.2, 0.25) is 0 Å². The van der Waals surface area contributed by atoms with Crippen LogP contribution in [0.4, 0.5) is 0 Å². The number of fused-ring (bicyclic) bond motifs is 1. The number of carbonyl (C=O) groups excluding carboxylic acids is 1. The molecule has 0 aromatic carbocycles. The summed E-state index contributed by atoms with van der Waals surface area (Å²) in [6.07, 6.45) is 8.63. The summed E-state index contributed by atoms with van der Waals surface area (Å²) in [6, 6.07) is 2.02. The first-order valence-corrected chi connectivity index (χ1v) is 9.88. The molecule has 2 aromatic heterocycles. The summed E-state index contributed by atoms with van der Waals surface area (Å²) in [4.78, 5) is 16.5. The SMILES string of the molecule is COC(=O)c1nn(COCC[S+](C)C)c2ncc(C3CC3)cc12. The Morgan fingerprint density at radius 1 is 1.43 bits per heavy atom. The van der Waals surface area contributed by atoms with Crippen LogP contribution < -0.4 is 0 Å². The third-order valence-electron chi connectivity index (χ3n) is 3.89. The number of hydrogen-bond acceptors (Lipinski definition) is 5. The van der Waals surface area contributed by atoms with Gasteiger partial charge in [-0.1, -0.05) is 0 Å². The first-order chi connectivity index (χ1) is 11.1. The molecule has 124 valence electrons. The van der Waals surface area contributed by atoms with Gasteiger partial charge in [-0.25, -0.2) is 14.5 Å². The van der Waals surface area contributed by atoms with E-state index in [0.29, 0.717) is 41.5 Å². The normalized spacial score (nSPS) is 14.6. The summed E-state index contributed by atoms with van der Waals surface area (Å²) in [6.45, 7) is 0.964. The Morgan fingerprint density at radius 3 is 2.87 bits per heavy atom. The maximum absolute atomic E-state index is 12.0. The first kappa shape index (κ1) is 16.3. The van der Waals surface area contributed by atoms with E-state index < -0.39 is 5.97 Å². The van der Waals surface area contributed by atoms with E-state index in [1.165, 1.54) is 25.5 Å². The topological polar surface area (TPSA) is 66.2 Å². The number of esters is 1. The molecule has 6 nitrogen and oxygen atoms in total. The average molecular weight is 336 g/mol. The van der Waals surface area contributed by atoms with E-state index in [1.807, 2.05) is 12.3 Å². The van der Waals surface area contributed by atoms with Crippen molar-refractivity contribution in [3.63, 3.8) is 0 Å². The van der Waals surface area contributed by atoms with Gasteiger partial charge in [0.05, 0.1) is 31.6 Å². The Bertz CT molecular complexity index is 710. The number of ether oxygens (including phenoxy) is 2. The van der Waals surface area contributed by atoms with Crippen molar-refractivity contribution >= 4 is 27.9 Å². The standard InChI is InChI=1S/C16H22N3O3S/c1-21-16(20)14-13-8-12(11-4-5-11)9-17-15(13)19(18-14)10-22-6-7-23(2)3/h8-9,11H,4-7,10H2,1-3H3/q+1. The quantitative estimate of drug-likeness (QED) is 0.439. The van der Waals surface area contributed by atoms with Gasteiger partial charge in [-0.15, -0.1) is 0 Å². The molecule has 2 heterocycles. The molecule has 1 aliphatic carbocycles. The number of pyridine rings is 1. The summed E-state index contributed by atoms with van der Waals surface area (Å²) in [5.74, 6) is 1.15. The molecule has 23 heavy (non-hydrogen) atoms. The van der Waals surface area contributed by atoms with Crippen molar-refractivity contribution in [1.82, 2.24) is 14.8 Å². The van der Waals surface area contributed by atoms with Gasteiger partial charge in [-0.05, 0) is 41.3 Å². The summed E-state index contributed by atoms with van der Waals surface area (Å²) < 4.78 is 12.2. The van der Waals surface area contributed by atoms with E-state index in [4.69, 9.17) is 9.47 Å². The fraction of sp³-hybridized carbons (Fsp3) is 0.562. The van der Waals surface area contributed by atoms with Crippen LogP contribution in [0, 0.1) is 0 Å². The third kappa shape index (κ3) is 3.67. The second kappa shape index (κ2) is 6.88. The highest BCUT2D eigenvalue weighted by Gasteiger charge is 2.26. The molecule has 7 heteroatoms. The lowest BCUT2D eigenvalue weighted by molar-refractivity contribution is 0.0586. The predicted octanol–water partition coefficient (Wildman–Crippen LogP) is 1.95. The summed E-state index contributed by atoms with van der Waals surface area (Å²) in [7, 11) is 1.72. The highest BCUT2D eigenvalue weighted by atomic mass is 32.2. The predicted molar refractivity (Wildman–Crippen MR) is 90.9 cm³/mol. The van der Waals surface area contributed by atoms with Crippen molar-refractivity contribution in [2.75, 3.05) is 32.0 Å². The lowest BCUT2D eigenvalue weighted by Crippen LogP contribution is -2.13. The van der Waals surface area contributed by atoms with Crippen LogP contribution >= 0.6 is 0 Å². The van der Waals surface area contributed by atoms with E-state index in [0.717, 1.165) is 11.1 Å². The van der Waals surface area contributed by atoms with E-state index >= 15 is 0 Å². The lowest BCUT2D eigenvalue weighted by atomic mass is 10.1. The summed E-state index contributed by atoms with van der Waals surface area (Å²) in [5.41, 5.74) is 2.15. The minimum Gasteiger partial charge on any atom is -0.464 e. The fourth-order valence-electron chi connectivity index (χ4n) is 2.43. The highest BCUT2D eigenvalue weighted by Crippen LogP contribution is 2.40. The van der Waals surface area contributed by atoms with Crippen molar-refractivity contribution in [1.29, 1.82) is 0 Å². The molecule has 0 amide bonds. The minimum atomic E-state index is -0.438. The number of nitrogens with zero attached hydrogens (tertiary/aromatic N) is 3. The van der Waals surface area contributed by atoms with Crippen LogP contribution in [0.3, 0.4) is 0 Å².